The largest absolute Gasteiger partial charge is 0.339 e. The number of hydrogen-bond donors (Lipinski definition) is 1. The van der Waals surface area contributed by atoms with Crippen LogP contribution in [-0.4, -0.2) is 16.2 Å². The molecule has 1 saturated carbocycles. The molecule has 0 aliphatic heterocycles. The van der Waals surface area contributed by atoms with Crippen molar-refractivity contribution < 1.29 is 8.91 Å². The van der Waals surface area contributed by atoms with E-state index in [0.29, 0.717) is 18.1 Å². The predicted octanol–water partition coefficient (Wildman–Crippen LogP) is 3.99. The molecule has 23 heavy (non-hydrogen) atoms. The Balaban J connectivity index is 0.00000192. The summed E-state index contributed by atoms with van der Waals surface area (Å²) < 4.78 is 18.7. The fraction of sp³-hybridized carbons (Fsp3) is 0.529. The first-order valence-corrected chi connectivity index (χ1v) is 8.05. The quantitative estimate of drug-likeness (QED) is 0.918. The second-order valence-corrected chi connectivity index (χ2v) is 6.12. The lowest BCUT2D eigenvalue weighted by atomic mass is 9.87. The van der Waals surface area contributed by atoms with Crippen LogP contribution in [0.1, 0.15) is 61.7 Å². The summed E-state index contributed by atoms with van der Waals surface area (Å²) in [5.74, 6) is 1.13. The van der Waals surface area contributed by atoms with E-state index in [1.165, 1.54) is 31.4 Å². The summed E-state index contributed by atoms with van der Waals surface area (Å²) in [6, 6.07) is 6.57. The Morgan fingerprint density at radius 2 is 1.96 bits per heavy atom. The summed E-state index contributed by atoms with van der Waals surface area (Å²) in [6.07, 6.45) is 7.31. The van der Waals surface area contributed by atoms with Crippen molar-refractivity contribution in [1.29, 1.82) is 0 Å². The highest BCUT2D eigenvalue weighted by Crippen LogP contribution is 2.29. The second kappa shape index (κ2) is 8.41. The summed E-state index contributed by atoms with van der Waals surface area (Å²) in [5.41, 5.74) is 7.13. The van der Waals surface area contributed by atoms with Gasteiger partial charge in [-0.3, -0.25) is 0 Å². The minimum atomic E-state index is -0.247. The number of nitrogens with two attached hydrogens (primary N) is 1. The maximum atomic E-state index is 13.2. The Kier molecular flexibility index (Phi) is 6.54. The summed E-state index contributed by atoms with van der Waals surface area (Å²) in [5, 5.41) is 4.04. The van der Waals surface area contributed by atoms with E-state index in [0.717, 1.165) is 24.8 Å². The van der Waals surface area contributed by atoms with Crippen molar-refractivity contribution in [3.8, 4) is 0 Å². The molecule has 2 N–H and O–H groups in total. The first kappa shape index (κ1) is 17.9. The van der Waals surface area contributed by atoms with Gasteiger partial charge in [0.05, 0.1) is 5.92 Å². The Bertz CT molecular complexity index is 619. The maximum absolute atomic E-state index is 13.2. The number of nitrogens with zero attached hydrogens (tertiary/aromatic N) is 2. The van der Waals surface area contributed by atoms with Gasteiger partial charge in [0.1, 0.15) is 5.82 Å². The molecular formula is C17H23ClFN3O. The van der Waals surface area contributed by atoms with Crippen LogP contribution < -0.4 is 5.73 Å². The second-order valence-electron chi connectivity index (χ2n) is 6.12. The van der Waals surface area contributed by atoms with Crippen LogP contribution in [0.25, 0.3) is 0 Å². The van der Waals surface area contributed by atoms with Crippen LogP contribution in [0.15, 0.2) is 28.8 Å². The number of hydrogen-bond acceptors (Lipinski definition) is 4. The van der Waals surface area contributed by atoms with E-state index in [1.54, 1.807) is 6.07 Å². The van der Waals surface area contributed by atoms with Crippen molar-refractivity contribution in [3.63, 3.8) is 0 Å². The number of aromatic nitrogens is 2. The minimum Gasteiger partial charge on any atom is -0.339 e. The van der Waals surface area contributed by atoms with Gasteiger partial charge in [0.2, 0.25) is 5.89 Å². The van der Waals surface area contributed by atoms with E-state index in [4.69, 9.17) is 10.3 Å². The number of benzene rings is 1. The highest BCUT2D eigenvalue weighted by molar-refractivity contribution is 5.85. The van der Waals surface area contributed by atoms with Gasteiger partial charge < -0.3 is 10.3 Å². The van der Waals surface area contributed by atoms with E-state index in [9.17, 15) is 4.39 Å². The molecule has 3 rings (SSSR count). The third kappa shape index (κ3) is 4.75. The van der Waals surface area contributed by atoms with E-state index >= 15 is 0 Å². The van der Waals surface area contributed by atoms with Gasteiger partial charge in [-0.05, 0) is 30.5 Å². The van der Waals surface area contributed by atoms with Crippen LogP contribution in [0.5, 0.6) is 0 Å². The SMILES string of the molecule is Cl.NC1CCCCCCC1c1nc(Cc2cccc(F)c2)no1. The Morgan fingerprint density at radius 1 is 1.17 bits per heavy atom. The van der Waals surface area contributed by atoms with Crippen molar-refractivity contribution >= 4 is 12.4 Å². The van der Waals surface area contributed by atoms with Crippen molar-refractivity contribution in [1.82, 2.24) is 10.1 Å². The third-order valence-electron chi connectivity index (χ3n) is 4.37. The molecule has 0 saturated heterocycles. The molecule has 1 aromatic heterocycles. The molecule has 6 heteroatoms. The van der Waals surface area contributed by atoms with Crippen molar-refractivity contribution in [2.75, 3.05) is 0 Å². The first-order valence-electron chi connectivity index (χ1n) is 8.05. The fourth-order valence-corrected chi connectivity index (χ4v) is 3.14. The fourth-order valence-electron chi connectivity index (χ4n) is 3.14. The molecular weight excluding hydrogens is 317 g/mol. The molecule has 1 aliphatic rings. The van der Waals surface area contributed by atoms with Gasteiger partial charge in [-0.1, -0.05) is 43.0 Å². The highest BCUT2D eigenvalue weighted by atomic mass is 35.5. The zero-order chi connectivity index (χ0) is 15.4. The van der Waals surface area contributed by atoms with E-state index in [2.05, 4.69) is 10.1 Å². The van der Waals surface area contributed by atoms with Crippen LogP contribution in [0.2, 0.25) is 0 Å². The van der Waals surface area contributed by atoms with Gasteiger partial charge >= 0.3 is 0 Å². The van der Waals surface area contributed by atoms with Crippen LogP contribution in [0.4, 0.5) is 4.39 Å². The molecule has 126 valence electrons. The van der Waals surface area contributed by atoms with Gasteiger partial charge in [0.25, 0.3) is 0 Å². The summed E-state index contributed by atoms with van der Waals surface area (Å²) >= 11 is 0. The van der Waals surface area contributed by atoms with Gasteiger partial charge in [-0.2, -0.15) is 4.98 Å². The molecule has 2 unspecified atom stereocenters. The van der Waals surface area contributed by atoms with Gasteiger partial charge in [0, 0.05) is 12.5 Å². The van der Waals surface area contributed by atoms with Crippen LogP contribution in [0, 0.1) is 5.82 Å². The van der Waals surface area contributed by atoms with Crippen LogP contribution in [-0.2, 0) is 6.42 Å². The van der Waals surface area contributed by atoms with E-state index in [-0.39, 0.29) is 30.2 Å². The lowest BCUT2D eigenvalue weighted by Gasteiger charge is -2.22. The molecule has 1 fully saturated rings. The van der Waals surface area contributed by atoms with Crippen molar-refractivity contribution in [2.45, 2.75) is 56.9 Å². The Morgan fingerprint density at radius 3 is 2.74 bits per heavy atom. The minimum absolute atomic E-state index is 0. The molecule has 4 nitrogen and oxygen atoms in total. The lowest BCUT2D eigenvalue weighted by Crippen LogP contribution is -2.29. The molecule has 1 aliphatic carbocycles. The molecule has 1 heterocycles. The molecule has 2 atom stereocenters. The van der Waals surface area contributed by atoms with E-state index in [1.807, 2.05) is 6.07 Å². The van der Waals surface area contributed by atoms with Gasteiger partial charge in [-0.15, -0.1) is 12.4 Å². The highest BCUT2D eigenvalue weighted by Gasteiger charge is 2.26. The van der Waals surface area contributed by atoms with Crippen LogP contribution in [0.3, 0.4) is 0 Å². The monoisotopic (exact) mass is 339 g/mol. The predicted molar refractivity (Wildman–Crippen MR) is 89.2 cm³/mol. The standard InChI is InChI=1S/C17H22FN3O.ClH/c18-13-7-5-6-12(10-13)11-16-20-17(22-21-16)14-8-3-1-2-4-9-15(14)19;/h5-7,10,14-15H,1-4,8-9,11,19H2;1H. The molecule has 1 aromatic carbocycles. The Labute approximate surface area is 142 Å². The normalized spacial score (nSPS) is 22.0. The molecule has 2 aromatic rings. The molecule has 0 amide bonds. The number of rotatable bonds is 3. The van der Waals surface area contributed by atoms with Gasteiger partial charge in [-0.25, -0.2) is 4.39 Å². The van der Waals surface area contributed by atoms with Crippen LogP contribution >= 0.6 is 12.4 Å². The van der Waals surface area contributed by atoms with Crippen molar-refractivity contribution in [3.05, 3.63) is 47.4 Å². The average Bonchev–Trinajstić information content (AvgIpc) is 2.91. The van der Waals surface area contributed by atoms with Gasteiger partial charge in [0.15, 0.2) is 5.82 Å². The van der Waals surface area contributed by atoms with Crippen molar-refractivity contribution in [2.24, 2.45) is 5.73 Å². The first-order chi connectivity index (χ1) is 10.7. The summed E-state index contributed by atoms with van der Waals surface area (Å²) in [7, 11) is 0. The molecule has 0 radical (unpaired) electrons. The number of halogens is 2. The topological polar surface area (TPSA) is 64.9 Å². The summed E-state index contributed by atoms with van der Waals surface area (Å²) in [4.78, 5) is 4.50. The van der Waals surface area contributed by atoms with E-state index < -0.39 is 0 Å². The zero-order valence-corrected chi connectivity index (χ0v) is 13.9. The zero-order valence-electron chi connectivity index (χ0n) is 13.1. The Hall–Kier alpha value is -1.46. The maximum Gasteiger partial charge on any atom is 0.231 e. The molecule has 0 spiro atoms. The average molecular weight is 340 g/mol. The third-order valence-corrected chi connectivity index (χ3v) is 4.37. The smallest absolute Gasteiger partial charge is 0.231 e. The summed E-state index contributed by atoms with van der Waals surface area (Å²) in [6.45, 7) is 0. The molecule has 0 bridgehead atoms. The lowest BCUT2D eigenvalue weighted by molar-refractivity contribution is 0.301.